The Balaban J connectivity index is 3.56. The first-order valence-electron chi connectivity index (χ1n) is 5.03. The zero-order chi connectivity index (χ0) is 14.1. The molecule has 0 heterocycles. The van der Waals surface area contributed by atoms with Gasteiger partial charge in [0.15, 0.2) is 0 Å². The molecule has 1 unspecified atom stereocenters. The van der Waals surface area contributed by atoms with Gasteiger partial charge in [0.1, 0.15) is 0 Å². The second kappa shape index (κ2) is 4.79. The second-order valence-corrected chi connectivity index (χ2v) is 3.78. The van der Waals surface area contributed by atoms with Gasteiger partial charge in [-0.3, -0.25) is 0 Å². The molecule has 0 aliphatic heterocycles. The van der Waals surface area contributed by atoms with Gasteiger partial charge in [0.2, 0.25) is 0 Å². The van der Waals surface area contributed by atoms with Crippen molar-refractivity contribution in [1.82, 2.24) is 5.32 Å². The maximum Gasteiger partial charge on any atom is 0.417 e. The number of halogens is 6. The van der Waals surface area contributed by atoms with Crippen LogP contribution in [-0.2, 0) is 12.4 Å². The van der Waals surface area contributed by atoms with E-state index in [2.05, 4.69) is 5.32 Å². The van der Waals surface area contributed by atoms with Crippen molar-refractivity contribution >= 4 is 0 Å². The summed E-state index contributed by atoms with van der Waals surface area (Å²) in [4.78, 5) is 0. The predicted octanol–water partition coefficient (Wildman–Crippen LogP) is 4.00. The number of hydrogen-bond acceptors (Lipinski definition) is 1. The first-order valence-corrected chi connectivity index (χ1v) is 5.03. The molecule has 0 aliphatic rings. The molecule has 0 fully saturated rings. The van der Waals surface area contributed by atoms with Crippen LogP contribution in [-0.4, -0.2) is 7.05 Å². The monoisotopic (exact) mass is 271 g/mol. The van der Waals surface area contributed by atoms with Gasteiger partial charge in [-0.2, -0.15) is 26.3 Å². The third-order valence-corrected chi connectivity index (χ3v) is 2.59. The van der Waals surface area contributed by atoms with Crippen LogP contribution in [0.2, 0.25) is 0 Å². The molecule has 0 amide bonds. The lowest BCUT2D eigenvalue weighted by molar-refractivity contribution is -0.162. The van der Waals surface area contributed by atoms with Crippen LogP contribution in [0.3, 0.4) is 0 Å². The summed E-state index contributed by atoms with van der Waals surface area (Å²) >= 11 is 0. The average Bonchev–Trinajstić information content (AvgIpc) is 2.24. The fraction of sp³-hybridized carbons (Fsp3) is 0.455. The molecule has 1 atom stereocenters. The number of rotatable bonds is 2. The van der Waals surface area contributed by atoms with Crippen LogP contribution in [0.5, 0.6) is 0 Å². The minimum Gasteiger partial charge on any atom is -0.313 e. The summed E-state index contributed by atoms with van der Waals surface area (Å²) in [5, 5.41) is 2.51. The van der Waals surface area contributed by atoms with E-state index in [1.807, 2.05) is 0 Å². The molecule has 1 rings (SSSR count). The Morgan fingerprint density at radius 3 is 1.94 bits per heavy atom. The van der Waals surface area contributed by atoms with Gasteiger partial charge in [-0.05, 0) is 25.6 Å². The number of nitrogens with one attached hydrogen (secondary N) is 1. The van der Waals surface area contributed by atoms with Crippen molar-refractivity contribution in [3.63, 3.8) is 0 Å². The van der Waals surface area contributed by atoms with Gasteiger partial charge in [-0.15, -0.1) is 0 Å². The maximum absolute atomic E-state index is 12.8. The molecule has 0 aromatic heterocycles. The van der Waals surface area contributed by atoms with Crippen molar-refractivity contribution in [2.75, 3.05) is 7.05 Å². The fourth-order valence-electron chi connectivity index (χ4n) is 1.64. The highest BCUT2D eigenvalue weighted by Gasteiger charge is 2.45. The van der Waals surface area contributed by atoms with Crippen LogP contribution < -0.4 is 5.32 Å². The molecule has 0 spiro atoms. The van der Waals surface area contributed by atoms with Crippen LogP contribution in [0, 0.1) is 0 Å². The zero-order valence-electron chi connectivity index (χ0n) is 9.58. The third-order valence-electron chi connectivity index (χ3n) is 2.59. The summed E-state index contributed by atoms with van der Waals surface area (Å²) in [5.41, 5.74) is -3.70. The van der Waals surface area contributed by atoms with E-state index in [0.29, 0.717) is 6.07 Å². The van der Waals surface area contributed by atoms with Crippen LogP contribution in [0.15, 0.2) is 18.2 Å². The first kappa shape index (κ1) is 14.8. The summed E-state index contributed by atoms with van der Waals surface area (Å²) in [5.74, 6) is 0. The lowest BCUT2D eigenvalue weighted by Gasteiger charge is -2.22. The Hall–Kier alpha value is -1.24. The molecule has 0 radical (unpaired) electrons. The van der Waals surface area contributed by atoms with Crippen LogP contribution in [0.25, 0.3) is 0 Å². The Kier molecular flexibility index (Phi) is 3.95. The fourth-order valence-corrected chi connectivity index (χ4v) is 1.64. The molecule has 18 heavy (non-hydrogen) atoms. The highest BCUT2D eigenvalue weighted by molar-refractivity contribution is 5.41. The van der Waals surface area contributed by atoms with Crippen molar-refractivity contribution < 1.29 is 26.3 Å². The maximum atomic E-state index is 12.8. The van der Waals surface area contributed by atoms with Crippen molar-refractivity contribution in [1.29, 1.82) is 0 Å². The Bertz CT molecular complexity index is 421. The van der Waals surface area contributed by atoms with E-state index < -0.39 is 35.1 Å². The standard InChI is InChI=1S/C11H11F6N/c1-6(18-2)7-4-3-5-8(10(12,13)14)9(7)11(15,16)17/h3-6,18H,1-2H3. The average molecular weight is 271 g/mol. The molecular weight excluding hydrogens is 260 g/mol. The molecule has 1 aromatic rings. The molecule has 0 aliphatic carbocycles. The van der Waals surface area contributed by atoms with E-state index in [1.54, 1.807) is 0 Å². The van der Waals surface area contributed by atoms with Crippen molar-refractivity contribution in [2.45, 2.75) is 25.3 Å². The molecule has 1 nitrogen and oxygen atoms in total. The van der Waals surface area contributed by atoms with Crippen LogP contribution >= 0.6 is 0 Å². The predicted molar refractivity (Wildman–Crippen MR) is 53.9 cm³/mol. The largest absolute Gasteiger partial charge is 0.417 e. The van der Waals surface area contributed by atoms with E-state index in [9.17, 15) is 26.3 Å². The van der Waals surface area contributed by atoms with Gasteiger partial charge in [0, 0.05) is 6.04 Å². The lowest BCUT2D eigenvalue weighted by atomic mass is 9.95. The molecule has 1 N–H and O–H groups in total. The van der Waals surface area contributed by atoms with E-state index in [-0.39, 0.29) is 0 Å². The first-order chi connectivity index (χ1) is 8.09. The van der Waals surface area contributed by atoms with Gasteiger partial charge in [0.25, 0.3) is 0 Å². The molecule has 7 heteroatoms. The second-order valence-electron chi connectivity index (χ2n) is 3.78. The molecule has 0 saturated carbocycles. The smallest absolute Gasteiger partial charge is 0.313 e. The highest BCUT2D eigenvalue weighted by Crippen LogP contribution is 2.43. The lowest BCUT2D eigenvalue weighted by Crippen LogP contribution is -2.23. The van der Waals surface area contributed by atoms with E-state index in [1.165, 1.54) is 14.0 Å². The zero-order valence-corrected chi connectivity index (χ0v) is 9.58. The van der Waals surface area contributed by atoms with Gasteiger partial charge in [-0.25, -0.2) is 0 Å². The summed E-state index contributed by atoms with van der Waals surface area (Å²) in [6.07, 6.45) is -10.1. The molecule has 0 bridgehead atoms. The van der Waals surface area contributed by atoms with Crippen molar-refractivity contribution in [2.24, 2.45) is 0 Å². The minimum absolute atomic E-state index is 0.417. The van der Waals surface area contributed by atoms with Gasteiger partial charge in [-0.1, -0.05) is 12.1 Å². The topological polar surface area (TPSA) is 12.0 Å². The molecule has 0 saturated heterocycles. The van der Waals surface area contributed by atoms with Crippen LogP contribution in [0.1, 0.15) is 29.7 Å². The van der Waals surface area contributed by atoms with E-state index in [0.717, 1.165) is 12.1 Å². The molecule has 102 valence electrons. The Labute approximate surface area is 99.8 Å². The van der Waals surface area contributed by atoms with E-state index in [4.69, 9.17) is 0 Å². The quantitative estimate of drug-likeness (QED) is 0.801. The number of hydrogen-bond donors (Lipinski definition) is 1. The SMILES string of the molecule is CNC(C)c1cccc(C(F)(F)F)c1C(F)(F)F. The Morgan fingerprint density at radius 2 is 1.56 bits per heavy atom. The van der Waals surface area contributed by atoms with E-state index >= 15 is 0 Å². The third kappa shape index (κ3) is 2.95. The number of benzene rings is 1. The van der Waals surface area contributed by atoms with Crippen molar-refractivity contribution in [3.8, 4) is 0 Å². The molecular formula is C11H11F6N. The van der Waals surface area contributed by atoms with Crippen molar-refractivity contribution in [3.05, 3.63) is 34.9 Å². The highest BCUT2D eigenvalue weighted by atomic mass is 19.4. The summed E-state index contributed by atoms with van der Waals surface area (Å²) in [6.45, 7) is 1.37. The van der Waals surface area contributed by atoms with Gasteiger partial charge in [0.05, 0.1) is 11.1 Å². The summed E-state index contributed by atoms with van der Waals surface area (Å²) in [7, 11) is 1.38. The summed E-state index contributed by atoms with van der Waals surface area (Å²) < 4.78 is 76.2. The van der Waals surface area contributed by atoms with Crippen LogP contribution in [0.4, 0.5) is 26.3 Å². The normalized spacial score (nSPS) is 14.7. The minimum atomic E-state index is -5.05. The molecule has 1 aromatic carbocycles. The number of alkyl halides is 6. The van der Waals surface area contributed by atoms with Gasteiger partial charge < -0.3 is 5.32 Å². The van der Waals surface area contributed by atoms with Gasteiger partial charge >= 0.3 is 12.4 Å². The Morgan fingerprint density at radius 1 is 1.00 bits per heavy atom. The summed E-state index contributed by atoms with van der Waals surface area (Å²) in [6, 6.07) is 1.62.